The molecule has 7 heteroatoms. The van der Waals surface area contributed by atoms with Crippen LogP contribution in [0.2, 0.25) is 0 Å². The summed E-state index contributed by atoms with van der Waals surface area (Å²) in [5, 5.41) is 21.6. The first kappa shape index (κ1) is 16.9. The number of rotatable bonds is 6. The van der Waals surface area contributed by atoms with Crippen LogP contribution in [0.15, 0.2) is 0 Å². The molecule has 7 nitrogen and oxygen atoms in total. The molecule has 1 rings (SSSR count). The normalized spacial score (nSPS) is 23.1. The maximum Gasteiger partial charge on any atom is 0.239 e. The van der Waals surface area contributed by atoms with Crippen LogP contribution < -0.4 is 5.32 Å². The Bertz CT molecular complexity index is 339. The van der Waals surface area contributed by atoms with E-state index in [0.717, 1.165) is 0 Å². The maximum absolute atomic E-state index is 12.1. The third kappa shape index (κ3) is 5.07. The Balaban J connectivity index is 2.45. The molecule has 0 bridgehead atoms. The number of carbonyl (C=O) groups is 2. The maximum atomic E-state index is 12.1. The van der Waals surface area contributed by atoms with Gasteiger partial charge in [-0.1, -0.05) is 0 Å². The highest BCUT2D eigenvalue weighted by Crippen LogP contribution is 2.09. The molecule has 0 aromatic carbocycles. The van der Waals surface area contributed by atoms with Gasteiger partial charge in [0, 0.05) is 25.7 Å². The molecule has 3 N–H and O–H groups in total. The molecule has 116 valence electrons. The summed E-state index contributed by atoms with van der Waals surface area (Å²) in [6, 6.07) is 0.0418. The van der Waals surface area contributed by atoms with E-state index in [1.54, 1.807) is 4.90 Å². The predicted molar refractivity (Wildman–Crippen MR) is 74.0 cm³/mol. The van der Waals surface area contributed by atoms with Crippen molar-refractivity contribution in [3.8, 4) is 0 Å². The minimum atomic E-state index is -0.804. The second kappa shape index (κ2) is 7.56. The molecule has 0 spiro atoms. The van der Waals surface area contributed by atoms with Crippen molar-refractivity contribution in [1.29, 1.82) is 0 Å². The molecular formula is C13H25N3O4. The van der Waals surface area contributed by atoms with E-state index < -0.39 is 12.2 Å². The van der Waals surface area contributed by atoms with Crippen LogP contribution in [0.25, 0.3) is 0 Å². The van der Waals surface area contributed by atoms with Crippen molar-refractivity contribution in [3.05, 3.63) is 0 Å². The van der Waals surface area contributed by atoms with Crippen LogP contribution >= 0.6 is 0 Å². The summed E-state index contributed by atoms with van der Waals surface area (Å²) in [7, 11) is 0. The first-order chi connectivity index (χ1) is 9.33. The quantitative estimate of drug-likeness (QED) is 0.547. The van der Waals surface area contributed by atoms with Crippen LogP contribution in [0, 0.1) is 0 Å². The number of hydrogen-bond acceptors (Lipinski definition) is 5. The second-order valence-electron chi connectivity index (χ2n) is 5.46. The lowest BCUT2D eigenvalue weighted by atomic mass is 10.3. The lowest BCUT2D eigenvalue weighted by molar-refractivity contribution is -0.136. The summed E-state index contributed by atoms with van der Waals surface area (Å²) in [6.45, 7) is 6.69. The molecule has 1 heterocycles. The highest BCUT2D eigenvalue weighted by atomic mass is 16.3. The Morgan fingerprint density at radius 1 is 1.30 bits per heavy atom. The third-order valence-electron chi connectivity index (χ3n) is 3.21. The molecule has 0 unspecified atom stereocenters. The number of likely N-dealkylation sites (N-methyl/N-ethyl adjacent to an activating group) is 1. The van der Waals surface area contributed by atoms with Crippen molar-refractivity contribution < 1.29 is 19.8 Å². The molecule has 1 fully saturated rings. The average Bonchev–Trinajstić information content (AvgIpc) is 2.64. The van der Waals surface area contributed by atoms with E-state index >= 15 is 0 Å². The van der Waals surface area contributed by atoms with Crippen LogP contribution in [0.4, 0.5) is 0 Å². The summed E-state index contributed by atoms with van der Waals surface area (Å²) in [6.07, 6.45) is -1.61. The predicted octanol–water partition coefficient (Wildman–Crippen LogP) is -1.60. The van der Waals surface area contributed by atoms with E-state index in [1.165, 1.54) is 4.90 Å². The number of carbonyl (C=O) groups excluding carboxylic acids is 2. The molecule has 2 atom stereocenters. The molecule has 2 amide bonds. The first-order valence-electron chi connectivity index (χ1n) is 6.99. The van der Waals surface area contributed by atoms with Gasteiger partial charge >= 0.3 is 0 Å². The largest absolute Gasteiger partial charge is 0.389 e. The van der Waals surface area contributed by atoms with Crippen molar-refractivity contribution >= 4 is 11.8 Å². The van der Waals surface area contributed by atoms with Gasteiger partial charge in [-0.2, -0.15) is 0 Å². The Morgan fingerprint density at radius 3 is 2.30 bits per heavy atom. The van der Waals surface area contributed by atoms with E-state index in [4.69, 9.17) is 0 Å². The highest BCUT2D eigenvalue weighted by molar-refractivity contribution is 5.85. The minimum absolute atomic E-state index is 0.0342. The van der Waals surface area contributed by atoms with Crippen LogP contribution in [-0.4, -0.2) is 82.8 Å². The molecule has 1 saturated heterocycles. The van der Waals surface area contributed by atoms with Gasteiger partial charge < -0.3 is 20.4 Å². The average molecular weight is 287 g/mol. The number of β-amino-alcohol motifs (C(OH)–C–C–N with tert-alkyl or cyclic N) is 2. The zero-order valence-electron chi connectivity index (χ0n) is 12.4. The van der Waals surface area contributed by atoms with Crippen molar-refractivity contribution in [2.75, 3.05) is 32.7 Å². The summed E-state index contributed by atoms with van der Waals surface area (Å²) >= 11 is 0. The number of aliphatic hydroxyl groups excluding tert-OH is 2. The first-order valence-corrected chi connectivity index (χ1v) is 6.99. The lowest BCUT2D eigenvalue weighted by Crippen LogP contribution is -2.46. The van der Waals surface area contributed by atoms with Gasteiger partial charge in [0.2, 0.25) is 11.8 Å². The topological polar surface area (TPSA) is 93.1 Å². The Hall–Kier alpha value is -1.18. The van der Waals surface area contributed by atoms with Gasteiger partial charge in [-0.3, -0.25) is 14.5 Å². The zero-order valence-corrected chi connectivity index (χ0v) is 12.4. The van der Waals surface area contributed by atoms with Crippen molar-refractivity contribution in [2.24, 2.45) is 0 Å². The second-order valence-corrected chi connectivity index (χ2v) is 5.46. The van der Waals surface area contributed by atoms with E-state index in [0.29, 0.717) is 6.54 Å². The fraction of sp³-hybridized carbons (Fsp3) is 0.846. The van der Waals surface area contributed by atoms with Gasteiger partial charge in [-0.05, 0) is 20.8 Å². The molecule has 1 aliphatic heterocycles. The van der Waals surface area contributed by atoms with Gasteiger partial charge in [0.1, 0.15) is 0 Å². The summed E-state index contributed by atoms with van der Waals surface area (Å²) < 4.78 is 0. The van der Waals surface area contributed by atoms with Crippen molar-refractivity contribution in [1.82, 2.24) is 15.1 Å². The third-order valence-corrected chi connectivity index (χ3v) is 3.21. The van der Waals surface area contributed by atoms with Crippen LogP contribution in [0.3, 0.4) is 0 Å². The zero-order chi connectivity index (χ0) is 15.3. The standard InChI is InChI=1S/C13H25N3O4/c1-4-16(7-12(19)14-9(2)3)13(20)8-15-5-10(17)11(18)6-15/h9-11,17-18H,4-8H2,1-3H3,(H,14,19)/t10-,11+. The van der Waals surface area contributed by atoms with Gasteiger partial charge in [0.15, 0.2) is 0 Å². The number of aliphatic hydroxyl groups is 2. The molecule has 0 aromatic rings. The molecule has 0 aliphatic carbocycles. The minimum Gasteiger partial charge on any atom is -0.389 e. The number of nitrogens with one attached hydrogen (secondary N) is 1. The van der Waals surface area contributed by atoms with E-state index in [2.05, 4.69) is 5.32 Å². The van der Waals surface area contributed by atoms with Gasteiger partial charge in [0.25, 0.3) is 0 Å². The fourth-order valence-electron chi connectivity index (χ4n) is 2.18. The van der Waals surface area contributed by atoms with Gasteiger partial charge in [-0.25, -0.2) is 0 Å². The van der Waals surface area contributed by atoms with Gasteiger partial charge in [-0.15, -0.1) is 0 Å². The molecule has 1 aliphatic rings. The Labute approximate surface area is 119 Å². The van der Waals surface area contributed by atoms with Crippen molar-refractivity contribution in [2.45, 2.75) is 39.0 Å². The number of nitrogens with zero attached hydrogens (tertiary/aromatic N) is 2. The highest BCUT2D eigenvalue weighted by Gasteiger charge is 2.31. The Kier molecular flexibility index (Phi) is 6.38. The SMILES string of the molecule is CCN(CC(=O)NC(C)C)C(=O)CN1C[C@@H](O)[C@@H](O)C1. The molecule has 0 saturated carbocycles. The molecular weight excluding hydrogens is 262 g/mol. The molecule has 0 radical (unpaired) electrons. The number of likely N-dealkylation sites (tertiary alicyclic amines) is 1. The van der Waals surface area contributed by atoms with Crippen LogP contribution in [0.5, 0.6) is 0 Å². The van der Waals surface area contributed by atoms with E-state index in [1.807, 2.05) is 20.8 Å². The van der Waals surface area contributed by atoms with Crippen LogP contribution in [0.1, 0.15) is 20.8 Å². The smallest absolute Gasteiger partial charge is 0.239 e. The Morgan fingerprint density at radius 2 is 1.85 bits per heavy atom. The van der Waals surface area contributed by atoms with Crippen molar-refractivity contribution in [3.63, 3.8) is 0 Å². The lowest BCUT2D eigenvalue weighted by Gasteiger charge is -2.24. The molecule has 20 heavy (non-hydrogen) atoms. The number of hydrogen-bond donors (Lipinski definition) is 3. The monoisotopic (exact) mass is 287 g/mol. The fourth-order valence-corrected chi connectivity index (χ4v) is 2.18. The van der Waals surface area contributed by atoms with E-state index in [9.17, 15) is 19.8 Å². The van der Waals surface area contributed by atoms with E-state index in [-0.39, 0.29) is 44.0 Å². The van der Waals surface area contributed by atoms with Crippen LogP contribution in [-0.2, 0) is 9.59 Å². The summed E-state index contributed by atoms with van der Waals surface area (Å²) in [4.78, 5) is 26.9. The number of amides is 2. The molecule has 0 aromatic heterocycles. The summed E-state index contributed by atoms with van der Waals surface area (Å²) in [5.74, 6) is -0.357. The summed E-state index contributed by atoms with van der Waals surface area (Å²) in [5.41, 5.74) is 0. The van der Waals surface area contributed by atoms with Gasteiger partial charge in [0.05, 0.1) is 25.3 Å².